The van der Waals surface area contributed by atoms with Crippen molar-refractivity contribution in [1.82, 2.24) is 4.90 Å². The Morgan fingerprint density at radius 2 is 1.84 bits per heavy atom. The molecular formula is C29H37N3O5S. The van der Waals surface area contributed by atoms with E-state index in [0.717, 1.165) is 24.5 Å². The van der Waals surface area contributed by atoms with E-state index in [4.69, 9.17) is 4.74 Å². The van der Waals surface area contributed by atoms with Gasteiger partial charge in [-0.1, -0.05) is 31.2 Å². The molecule has 4 aliphatic heterocycles. The number of hydrogen-bond acceptors (Lipinski definition) is 7. The number of aliphatic hydroxyl groups excluding tert-OH is 1. The number of thioether (sulfide) groups is 1. The molecule has 4 heterocycles. The lowest BCUT2D eigenvalue weighted by atomic mass is 9.78. The third-order valence-corrected chi connectivity index (χ3v) is 10.2. The Hall–Kier alpha value is -2.78. The topological polar surface area (TPSA) is 90.4 Å². The maximum atomic E-state index is 14.5. The van der Waals surface area contributed by atoms with E-state index in [2.05, 4.69) is 18.7 Å². The van der Waals surface area contributed by atoms with Crippen LogP contribution in [-0.2, 0) is 19.1 Å². The minimum atomic E-state index is -0.921. The first-order valence-corrected chi connectivity index (χ1v) is 14.6. The van der Waals surface area contributed by atoms with Gasteiger partial charge in [0.05, 0.1) is 35.8 Å². The number of rotatable bonds is 7. The summed E-state index contributed by atoms with van der Waals surface area (Å²) < 4.78 is 4.61. The molecule has 2 fully saturated rings. The quantitative estimate of drug-likeness (QED) is 0.421. The number of anilines is 2. The van der Waals surface area contributed by atoms with E-state index in [1.54, 1.807) is 9.80 Å². The second-order valence-corrected chi connectivity index (χ2v) is 11.7. The van der Waals surface area contributed by atoms with Crippen molar-refractivity contribution in [1.29, 1.82) is 0 Å². The highest BCUT2D eigenvalue weighted by Gasteiger charge is 2.71. The second-order valence-electron chi connectivity index (χ2n) is 10.3. The van der Waals surface area contributed by atoms with Crippen molar-refractivity contribution in [2.75, 3.05) is 42.6 Å². The fraction of sp³-hybridized carbons (Fsp3) is 0.552. The summed E-state index contributed by atoms with van der Waals surface area (Å²) in [6.45, 7) is 8.30. The maximum Gasteiger partial charge on any atom is 0.311 e. The van der Waals surface area contributed by atoms with Gasteiger partial charge in [0, 0.05) is 36.3 Å². The van der Waals surface area contributed by atoms with Crippen LogP contribution in [0.3, 0.4) is 0 Å². The Labute approximate surface area is 228 Å². The Balaban J connectivity index is 1.58. The van der Waals surface area contributed by atoms with Crippen LogP contribution >= 0.6 is 11.8 Å². The number of carbonyl (C=O) groups excluding carboxylic acids is 3. The van der Waals surface area contributed by atoms with E-state index in [1.807, 2.05) is 55.5 Å². The van der Waals surface area contributed by atoms with E-state index in [9.17, 15) is 19.5 Å². The largest absolute Gasteiger partial charge is 0.465 e. The van der Waals surface area contributed by atoms with Gasteiger partial charge in [-0.2, -0.15) is 0 Å². The molecule has 1 aromatic carbocycles. The van der Waals surface area contributed by atoms with Crippen LogP contribution in [0.5, 0.6) is 0 Å². The summed E-state index contributed by atoms with van der Waals surface area (Å²) in [5.74, 6) is -2.23. The number of esters is 1. The second kappa shape index (κ2) is 10.8. The molecule has 0 bridgehead atoms. The van der Waals surface area contributed by atoms with Gasteiger partial charge in [0.2, 0.25) is 5.91 Å². The average Bonchev–Trinajstić information content (AvgIpc) is 3.30. The lowest BCUT2D eigenvalue weighted by Crippen LogP contribution is -2.56. The van der Waals surface area contributed by atoms with Crippen LogP contribution in [0, 0.1) is 11.8 Å². The molecule has 5 rings (SSSR count). The van der Waals surface area contributed by atoms with Crippen molar-refractivity contribution in [3.63, 3.8) is 0 Å². The third kappa shape index (κ3) is 4.14. The summed E-state index contributed by atoms with van der Waals surface area (Å²) in [4.78, 5) is 47.4. The summed E-state index contributed by atoms with van der Waals surface area (Å²) in [5, 5.41) is 9.98. The van der Waals surface area contributed by atoms with Gasteiger partial charge < -0.3 is 24.5 Å². The van der Waals surface area contributed by atoms with Gasteiger partial charge in [-0.15, -0.1) is 11.8 Å². The number of likely N-dealkylation sites (tertiary alicyclic amines) is 1. The van der Waals surface area contributed by atoms with Crippen molar-refractivity contribution in [2.24, 2.45) is 11.8 Å². The maximum absolute atomic E-state index is 14.5. The van der Waals surface area contributed by atoms with Crippen LogP contribution in [0.1, 0.15) is 33.6 Å². The van der Waals surface area contributed by atoms with Crippen LogP contribution in [0.15, 0.2) is 48.6 Å². The van der Waals surface area contributed by atoms with Crippen LogP contribution in [-0.4, -0.2) is 82.7 Å². The van der Waals surface area contributed by atoms with Crippen molar-refractivity contribution >= 4 is 40.9 Å². The molecule has 1 spiro atoms. The van der Waals surface area contributed by atoms with Gasteiger partial charge in [0.1, 0.15) is 6.04 Å². The molecule has 1 N–H and O–H groups in total. The molecule has 0 radical (unpaired) electrons. The number of amides is 2. The molecule has 2 saturated heterocycles. The number of carbonyl (C=O) groups is 3. The Kier molecular flexibility index (Phi) is 7.60. The van der Waals surface area contributed by atoms with Gasteiger partial charge in [-0.05, 0) is 51.0 Å². The summed E-state index contributed by atoms with van der Waals surface area (Å²) >= 11 is 1.52. The number of nitrogens with zero attached hydrogens (tertiary/aromatic N) is 3. The monoisotopic (exact) mass is 539 g/mol. The number of ether oxygens (including phenoxy) is 1. The molecule has 0 saturated carbocycles. The molecule has 1 unspecified atom stereocenters. The lowest BCUT2D eigenvalue weighted by Gasteiger charge is -2.38. The van der Waals surface area contributed by atoms with E-state index < -0.39 is 28.7 Å². The predicted molar refractivity (Wildman–Crippen MR) is 149 cm³/mol. The fourth-order valence-electron chi connectivity index (χ4n) is 6.52. The van der Waals surface area contributed by atoms with Gasteiger partial charge in [-0.25, -0.2) is 0 Å². The zero-order chi connectivity index (χ0) is 27.0. The standard InChI is InChI=1S/C29H37N3O5S/c1-4-19(18-33)32-25-27(35)31(21-13-11-20(12-14-21)30(5-2)6-3)16-9-15-29(25)24(26(32)34)23-22(38-29)10-7-8-17-37-28(23)36/h7,9-15,19,22-25,33H,4-6,8,16-18H2,1-3H3/t19-,22+,23-,24-,25?,29-/m0/s1. The third-order valence-electron chi connectivity index (χ3n) is 8.42. The number of benzene rings is 1. The molecule has 9 heteroatoms. The van der Waals surface area contributed by atoms with Crippen molar-refractivity contribution < 1.29 is 24.2 Å². The highest BCUT2D eigenvalue weighted by atomic mass is 32.2. The highest BCUT2D eigenvalue weighted by molar-refractivity contribution is 8.02. The van der Waals surface area contributed by atoms with Crippen molar-refractivity contribution in [3.05, 3.63) is 48.6 Å². The van der Waals surface area contributed by atoms with Crippen molar-refractivity contribution in [3.8, 4) is 0 Å². The number of aliphatic hydroxyl groups is 1. The molecule has 0 aliphatic carbocycles. The normalized spacial score (nSPS) is 31.2. The number of fused-ring (bicyclic) bond motifs is 2. The molecule has 4 aliphatic rings. The smallest absolute Gasteiger partial charge is 0.311 e. The fourth-order valence-corrected chi connectivity index (χ4v) is 8.51. The minimum Gasteiger partial charge on any atom is -0.465 e. The Morgan fingerprint density at radius 3 is 2.50 bits per heavy atom. The van der Waals surface area contributed by atoms with Crippen LogP contribution in [0.4, 0.5) is 11.4 Å². The number of hydrogen-bond donors (Lipinski definition) is 1. The predicted octanol–water partition coefficient (Wildman–Crippen LogP) is 3.01. The van der Waals surface area contributed by atoms with Gasteiger partial charge >= 0.3 is 5.97 Å². The van der Waals surface area contributed by atoms with E-state index in [0.29, 0.717) is 19.4 Å². The summed E-state index contributed by atoms with van der Waals surface area (Å²) in [7, 11) is 0. The number of cyclic esters (lactones) is 1. The first-order chi connectivity index (χ1) is 18.4. The summed E-state index contributed by atoms with van der Waals surface area (Å²) in [6.07, 6.45) is 9.09. The molecule has 2 amide bonds. The Morgan fingerprint density at radius 1 is 1.11 bits per heavy atom. The minimum absolute atomic E-state index is 0.188. The molecule has 0 aromatic heterocycles. The van der Waals surface area contributed by atoms with Gasteiger partial charge in [-0.3, -0.25) is 14.4 Å². The zero-order valence-corrected chi connectivity index (χ0v) is 23.1. The lowest BCUT2D eigenvalue weighted by molar-refractivity contribution is -0.153. The molecule has 6 atom stereocenters. The zero-order valence-electron chi connectivity index (χ0n) is 22.3. The van der Waals surface area contributed by atoms with Crippen LogP contribution < -0.4 is 9.80 Å². The SMILES string of the molecule is CC[C@@H](CO)N1C(=O)[C@@H]2[C@H]3C(=O)OCCC=C[C@H]3S[C@@]23C=CCN(c2ccc(N(CC)CC)cc2)C(=O)C13. The van der Waals surface area contributed by atoms with E-state index in [1.165, 1.54) is 11.8 Å². The molecule has 1 aromatic rings. The van der Waals surface area contributed by atoms with E-state index in [-0.39, 0.29) is 36.2 Å². The molecule has 204 valence electrons. The van der Waals surface area contributed by atoms with E-state index >= 15 is 0 Å². The van der Waals surface area contributed by atoms with Crippen LogP contribution in [0.25, 0.3) is 0 Å². The molecular weight excluding hydrogens is 502 g/mol. The molecule has 38 heavy (non-hydrogen) atoms. The van der Waals surface area contributed by atoms with Gasteiger partial charge in [0.25, 0.3) is 5.91 Å². The van der Waals surface area contributed by atoms with Crippen molar-refractivity contribution in [2.45, 2.75) is 55.7 Å². The average molecular weight is 540 g/mol. The van der Waals surface area contributed by atoms with Crippen LogP contribution in [0.2, 0.25) is 0 Å². The Bertz CT molecular complexity index is 1130. The first kappa shape index (κ1) is 26.8. The first-order valence-electron chi connectivity index (χ1n) is 13.7. The molecule has 8 nitrogen and oxygen atoms in total. The van der Waals surface area contributed by atoms with Gasteiger partial charge in [0.15, 0.2) is 0 Å². The highest BCUT2D eigenvalue weighted by Crippen LogP contribution is 2.61. The summed E-state index contributed by atoms with van der Waals surface area (Å²) in [5.41, 5.74) is 1.85. The summed E-state index contributed by atoms with van der Waals surface area (Å²) in [6, 6.07) is 6.60.